The number of carbonyl (C=O) groups excluding carboxylic acids is 1. The van der Waals surface area contributed by atoms with Crippen LogP contribution in [0.4, 0.5) is 17.6 Å². The summed E-state index contributed by atoms with van der Waals surface area (Å²) in [7, 11) is 0. The monoisotopic (exact) mass is 429 g/mol. The van der Waals surface area contributed by atoms with E-state index in [9.17, 15) is 22.4 Å². The molecule has 160 valence electrons. The van der Waals surface area contributed by atoms with Crippen LogP contribution >= 0.6 is 0 Å². The molecule has 1 aliphatic rings. The van der Waals surface area contributed by atoms with E-state index in [1.54, 1.807) is 17.2 Å². The maximum atomic E-state index is 13.1. The van der Waals surface area contributed by atoms with Gasteiger partial charge in [0.15, 0.2) is 0 Å². The predicted octanol–water partition coefficient (Wildman–Crippen LogP) is 5.32. The van der Waals surface area contributed by atoms with Crippen LogP contribution in [0.5, 0.6) is 0 Å². The van der Waals surface area contributed by atoms with Crippen LogP contribution in [0.15, 0.2) is 60.9 Å². The Bertz CT molecular complexity index is 1080. The largest absolute Gasteiger partial charge is 0.416 e. The number of alkyl halides is 3. The maximum Gasteiger partial charge on any atom is 0.416 e. The molecule has 4 nitrogen and oxygen atoms in total. The number of rotatable bonds is 3. The first kappa shape index (κ1) is 21.0. The van der Waals surface area contributed by atoms with E-state index >= 15 is 0 Å². The Balaban J connectivity index is 1.55. The number of aromatic nitrogens is 2. The van der Waals surface area contributed by atoms with Gasteiger partial charge in [0.1, 0.15) is 5.82 Å². The summed E-state index contributed by atoms with van der Waals surface area (Å²) in [6.07, 6.45) is 0.128. The quantitative estimate of drug-likeness (QED) is 0.530. The lowest BCUT2D eigenvalue weighted by atomic mass is 9.94. The lowest BCUT2D eigenvalue weighted by Gasteiger charge is -2.32. The van der Waals surface area contributed by atoms with Crippen molar-refractivity contribution in [2.24, 2.45) is 0 Å². The van der Waals surface area contributed by atoms with Gasteiger partial charge in [-0.15, -0.1) is 0 Å². The molecular formula is C23H19F4N3O. The van der Waals surface area contributed by atoms with Crippen LogP contribution in [0.3, 0.4) is 0 Å². The van der Waals surface area contributed by atoms with E-state index in [4.69, 9.17) is 0 Å². The van der Waals surface area contributed by atoms with Crippen molar-refractivity contribution >= 4 is 5.91 Å². The Hall–Kier alpha value is -3.29. The Labute approximate surface area is 176 Å². The molecule has 0 aliphatic carbocycles. The molecule has 1 fully saturated rings. The highest BCUT2D eigenvalue weighted by Gasteiger charge is 2.31. The van der Waals surface area contributed by atoms with Crippen molar-refractivity contribution in [3.05, 3.63) is 83.6 Å². The van der Waals surface area contributed by atoms with Crippen molar-refractivity contribution in [1.29, 1.82) is 0 Å². The summed E-state index contributed by atoms with van der Waals surface area (Å²) in [6.45, 7) is 0.990. The fourth-order valence-electron chi connectivity index (χ4n) is 3.75. The molecule has 31 heavy (non-hydrogen) atoms. The molecule has 2 aromatic carbocycles. The lowest BCUT2D eigenvalue weighted by Crippen LogP contribution is -2.39. The molecule has 3 aromatic rings. The van der Waals surface area contributed by atoms with Crippen molar-refractivity contribution in [2.75, 3.05) is 13.1 Å². The highest BCUT2D eigenvalue weighted by Crippen LogP contribution is 2.32. The molecule has 0 radical (unpaired) electrons. The smallest absolute Gasteiger partial charge is 0.338 e. The minimum atomic E-state index is -4.44. The van der Waals surface area contributed by atoms with E-state index < -0.39 is 17.6 Å². The van der Waals surface area contributed by atoms with Gasteiger partial charge in [-0.2, -0.15) is 13.2 Å². The first-order valence-electron chi connectivity index (χ1n) is 9.85. The molecule has 0 spiro atoms. The van der Waals surface area contributed by atoms with Crippen LogP contribution in [0.2, 0.25) is 0 Å². The van der Waals surface area contributed by atoms with Gasteiger partial charge in [-0.3, -0.25) is 9.78 Å². The maximum absolute atomic E-state index is 13.1. The summed E-state index contributed by atoms with van der Waals surface area (Å²) >= 11 is 0. The molecule has 1 amide bonds. The number of carbonyl (C=O) groups is 1. The molecule has 8 heteroatoms. The first-order valence-corrected chi connectivity index (χ1v) is 9.85. The third-order valence-corrected chi connectivity index (χ3v) is 5.36. The number of piperidine rings is 1. The fraction of sp³-hybridized carbons (Fsp3) is 0.261. The van der Waals surface area contributed by atoms with E-state index in [0.717, 1.165) is 25.0 Å². The van der Waals surface area contributed by atoms with Gasteiger partial charge in [0.2, 0.25) is 0 Å². The van der Waals surface area contributed by atoms with E-state index in [1.807, 2.05) is 0 Å². The SMILES string of the molecule is O=C(c1ccc(F)cc1)N1CCC[C@H](c2cncc(-c3cccc(C(F)(F)F)c3)n2)C1. The molecule has 0 N–H and O–H groups in total. The molecule has 2 heterocycles. The van der Waals surface area contributed by atoms with Gasteiger partial charge in [0, 0.05) is 36.3 Å². The van der Waals surface area contributed by atoms with Gasteiger partial charge in [-0.25, -0.2) is 9.37 Å². The minimum Gasteiger partial charge on any atom is -0.338 e. The van der Waals surface area contributed by atoms with Gasteiger partial charge in [-0.1, -0.05) is 12.1 Å². The molecule has 0 unspecified atom stereocenters. The summed E-state index contributed by atoms with van der Waals surface area (Å²) in [5.74, 6) is -0.683. The highest BCUT2D eigenvalue weighted by molar-refractivity contribution is 5.94. The second-order valence-corrected chi connectivity index (χ2v) is 7.50. The van der Waals surface area contributed by atoms with Crippen molar-refractivity contribution in [3.63, 3.8) is 0 Å². The second-order valence-electron chi connectivity index (χ2n) is 7.50. The fourth-order valence-corrected chi connectivity index (χ4v) is 3.75. The van der Waals surface area contributed by atoms with Crippen molar-refractivity contribution in [3.8, 4) is 11.3 Å². The summed E-state index contributed by atoms with van der Waals surface area (Å²) < 4.78 is 52.3. The Morgan fingerprint density at radius 2 is 1.84 bits per heavy atom. The number of amides is 1. The summed E-state index contributed by atoms with van der Waals surface area (Å²) in [5, 5.41) is 0. The van der Waals surface area contributed by atoms with Crippen LogP contribution < -0.4 is 0 Å². The second kappa shape index (κ2) is 8.45. The standard InChI is InChI=1S/C23H19F4N3O/c24-19-8-6-15(7-9-19)22(31)30-10-2-4-17(14-30)21-13-28-12-20(29-21)16-3-1-5-18(11-16)23(25,26)27/h1,3,5-9,11-13,17H,2,4,10,14H2/t17-/m0/s1. The Kier molecular flexibility index (Phi) is 5.71. The molecule has 4 rings (SSSR count). The zero-order valence-corrected chi connectivity index (χ0v) is 16.4. The average molecular weight is 429 g/mol. The predicted molar refractivity (Wildman–Crippen MR) is 107 cm³/mol. The van der Waals surface area contributed by atoms with E-state index in [0.29, 0.717) is 35.6 Å². The van der Waals surface area contributed by atoms with Crippen molar-refractivity contribution in [2.45, 2.75) is 24.9 Å². The number of likely N-dealkylation sites (tertiary alicyclic amines) is 1. The number of benzene rings is 2. The lowest BCUT2D eigenvalue weighted by molar-refractivity contribution is -0.137. The number of hydrogen-bond donors (Lipinski definition) is 0. The topological polar surface area (TPSA) is 46.1 Å². The zero-order valence-electron chi connectivity index (χ0n) is 16.4. The van der Waals surface area contributed by atoms with Crippen LogP contribution in [-0.4, -0.2) is 33.9 Å². The minimum absolute atomic E-state index is 0.0867. The van der Waals surface area contributed by atoms with Crippen molar-refractivity contribution in [1.82, 2.24) is 14.9 Å². The third-order valence-electron chi connectivity index (χ3n) is 5.36. The highest BCUT2D eigenvalue weighted by atomic mass is 19.4. The van der Waals surface area contributed by atoms with Gasteiger partial charge in [-0.05, 0) is 49.2 Å². The normalized spacial score (nSPS) is 16.9. The van der Waals surface area contributed by atoms with Gasteiger partial charge in [0.05, 0.1) is 23.1 Å². The van der Waals surface area contributed by atoms with Gasteiger partial charge < -0.3 is 4.90 Å². The number of nitrogens with zero attached hydrogens (tertiary/aromatic N) is 3. The van der Waals surface area contributed by atoms with Crippen LogP contribution in [0.1, 0.15) is 40.4 Å². The van der Waals surface area contributed by atoms with Crippen molar-refractivity contribution < 1.29 is 22.4 Å². The molecule has 1 saturated heterocycles. The van der Waals surface area contributed by atoms with E-state index in [1.165, 1.54) is 36.5 Å². The summed E-state index contributed by atoms with van der Waals surface area (Å²) in [6, 6.07) is 10.4. The average Bonchev–Trinajstić information content (AvgIpc) is 2.79. The number of hydrogen-bond acceptors (Lipinski definition) is 3. The first-order chi connectivity index (χ1) is 14.8. The van der Waals surface area contributed by atoms with E-state index in [2.05, 4.69) is 9.97 Å². The zero-order chi connectivity index (χ0) is 22.0. The Morgan fingerprint density at radius 3 is 2.58 bits per heavy atom. The third kappa shape index (κ3) is 4.73. The number of halogens is 4. The van der Waals surface area contributed by atoms with E-state index in [-0.39, 0.29) is 11.8 Å². The summed E-state index contributed by atoms with van der Waals surface area (Å²) in [4.78, 5) is 23.2. The Morgan fingerprint density at radius 1 is 1.06 bits per heavy atom. The van der Waals surface area contributed by atoms with Crippen LogP contribution in [-0.2, 0) is 6.18 Å². The molecule has 1 atom stereocenters. The molecule has 1 aromatic heterocycles. The molecule has 0 saturated carbocycles. The molecule has 1 aliphatic heterocycles. The van der Waals surface area contributed by atoms with Crippen LogP contribution in [0.25, 0.3) is 11.3 Å². The molecular weight excluding hydrogens is 410 g/mol. The van der Waals surface area contributed by atoms with Gasteiger partial charge >= 0.3 is 6.18 Å². The van der Waals surface area contributed by atoms with Gasteiger partial charge in [0.25, 0.3) is 5.91 Å². The molecule has 0 bridgehead atoms. The van der Waals surface area contributed by atoms with Crippen LogP contribution in [0, 0.1) is 5.82 Å². The summed E-state index contributed by atoms with van der Waals surface area (Å²) in [5.41, 5.74) is 0.980.